The van der Waals surface area contributed by atoms with Crippen molar-refractivity contribution in [2.45, 2.75) is 13.3 Å². The van der Waals surface area contributed by atoms with Crippen molar-refractivity contribution in [1.82, 2.24) is 4.90 Å². The maximum absolute atomic E-state index is 12.3. The van der Waals surface area contributed by atoms with Gasteiger partial charge in [0.15, 0.2) is 0 Å². The average molecular weight is 295 g/mol. The standard InChI is InChI=1S/C14H17NO2S2/c1-11-10-13(19-12(11)4-2-3-7-16)14(17)15-5-8-18-9-6-15/h10,16H,3,5-9H2,1H3. The Morgan fingerprint density at radius 1 is 1.47 bits per heavy atom. The van der Waals surface area contributed by atoms with Crippen molar-refractivity contribution in [3.8, 4) is 11.8 Å². The molecule has 0 unspecified atom stereocenters. The second kappa shape index (κ2) is 6.99. The van der Waals surface area contributed by atoms with Gasteiger partial charge in [0.05, 0.1) is 16.4 Å². The van der Waals surface area contributed by atoms with E-state index >= 15 is 0 Å². The van der Waals surface area contributed by atoms with E-state index in [1.54, 1.807) is 0 Å². The Hall–Kier alpha value is -0.960. The number of aryl methyl sites for hydroxylation is 1. The van der Waals surface area contributed by atoms with E-state index in [4.69, 9.17) is 5.11 Å². The van der Waals surface area contributed by atoms with Crippen LogP contribution in [0.3, 0.4) is 0 Å². The lowest BCUT2D eigenvalue weighted by Gasteiger charge is -2.25. The number of rotatable bonds is 2. The maximum atomic E-state index is 12.3. The van der Waals surface area contributed by atoms with Gasteiger partial charge in [0, 0.05) is 31.0 Å². The van der Waals surface area contributed by atoms with Crippen molar-refractivity contribution in [1.29, 1.82) is 0 Å². The molecule has 1 aliphatic heterocycles. The Labute approximate surface area is 122 Å². The number of amides is 1. The molecule has 0 aromatic carbocycles. The fourth-order valence-corrected chi connectivity index (χ4v) is 3.75. The summed E-state index contributed by atoms with van der Waals surface area (Å²) in [5.74, 6) is 8.11. The number of hydrogen-bond donors (Lipinski definition) is 1. The summed E-state index contributed by atoms with van der Waals surface area (Å²) < 4.78 is 0. The number of carbonyl (C=O) groups excluding carboxylic acids is 1. The summed E-state index contributed by atoms with van der Waals surface area (Å²) in [5, 5.41) is 8.72. The molecule has 19 heavy (non-hydrogen) atoms. The summed E-state index contributed by atoms with van der Waals surface area (Å²) in [6.07, 6.45) is 0.476. The van der Waals surface area contributed by atoms with Gasteiger partial charge in [0.25, 0.3) is 5.91 Å². The van der Waals surface area contributed by atoms with Gasteiger partial charge in [-0.05, 0) is 18.6 Å². The van der Waals surface area contributed by atoms with Crippen LogP contribution in [0.5, 0.6) is 0 Å². The van der Waals surface area contributed by atoms with Gasteiger partial charge < -0.3 is 10.0 Å². The van der Waals surface area contributed by atoms with E-state index in [0.717, 1.165) is 39.9 Å². The molecule has 3 nitrogen and oxygen atoms in total. The molecule has 102 valence electrons. The lowest BCUT2D eigenvalue weighted by Crippen LogP contribution is -2.37. The summed E-state index contributed by atoms with van der Waals surface area (Å²) in [6, 6.07) is 1.93. The van der Waals surface area contributed by atoms with Gasteiger partial charge in [-0.2, -0.15) is 11.8 Å². The minimum atomic E-state index is 0.0780. The number of thioether (sulfide) groups is 1. The van der Waals surface area contributed by atoms with Crippen LogP contribution in [0.4, 0.5) is 0 Å². The first-order valence-corrected chi connectivity index (χ1v) is 8.26. The van der Waals surface area contributed by atoms with Gasteiger partial charge in [-0.3, -0.25) is 4.79 Å². The smallest absolute Gasteiger partial charge is 0.264 e. The van der Waals surface area contributed by atoms with Crippen molar-refractivity contribution in [3.05, 3.63) is 21.4 Å². The maximum Gasteiger partial charge on any atom is 0.264 e. The van der Waals surface area contributed by atoms with Gasteiger partial charge in [0.1, 0.15) is 0 Å². The highest BCUT2D eigenvalue weighted by Gasteiger charge is 2.20. The van der Waals surface area contributed by atoms with E-state index < -0.39 is 0 Å². The van der Waals surface area contributed by atoms with Crippen molar-refractivity contribution >= 4 is 29.0 Å². The number of nitrogens with zero attached hydrogens (tertiary/aromatic N) is 1. The second-order valence-electron chi connectivity index (χ2n) is 4.30. The van der Waals surface area contributed by atoms with Gasteiger partial charge in [-0.1, -0.05) is 11.8 Å². The molecule has 1 N–H and O–H groups in total. The average Bonchev–Trinajstić information content (AvgIpc) is 2.81. The van der Waals surface area contributed by atoms with E-state index in [1.165, 1.54) is 11.3 Å². The van der Waals surface area contributed by atoms with E-state index in [-0.39, 0.29) is 12.5 Å². The van der Waals surface area contributed by atoms with Crippen molar-refractivity contribution in [2.24, 2.45) is 0 Å². The molecule has 1 aromatic heterocycles. The van der Waals surface area contributed by atoms with E-state index in [2.05, 4.69) is 11.8 Å². The largest absolute Gasteiger partial charge is 0.395 e. The Morgan fingerprint density at radius 3 is 2.89 bits per heavy atom. The van der Waals surface area contributed by atoms with Crippen LogP contribution in [0.2, 0.25) is 0 Å². The van der Waals surface area contributed by atoms with E-state index in [9.17, 15) is 4.79 Å². The molecule has 1 saturated heterocycles. The summed E-state index contributed by atoms with van der Waals surface area (Å²) >= 11 is 3.36. The summed E-state index contributed by atoms with van der Waals surface area (Å²) in [7, 11) is 0. The summed E-state index contributed by atoms with van der Waals surface area (Å²) in [4.78, 5) is 16.0. The number of aliphatic hydroxyl groups is 1. The second-order valence-corrected chi connectivity index (χ2v) is 6.58. The normalized spacial score (nSPS) is 14.9. The molecule has 0 aliphatic carbocycles. The van der Waals surface area contributed by atoms with E-state index in [1.807, 2.05) is 29.7 Å². The molecule has 0 saturated carbocycles. The van der Waals surface area contributed by atoms with Crippen molar-refractivity contribution < 1.29 is 9.90 Å². The van der Waals surface area contributed by atoms with Crippen LogP contribution in [-0.4, -0.2) is 47.1 Å². The number of aliphatic hydroxyl groups excluding tert-OH is 1. The zero-order valence-corrected chi connectivity index (χ0v) is 12.6. The van der Waals surface area contributed by atoms with Crippen LogP contribution >= 0.6 is 23.1 Å². The Balaban J connectivity index is 2.10. The highest BCUT2D eigenvalue weighted by molar-refractivity contribution is 7.99. The fraction of sp³-hybridized carbons (Fsp3) is 0.500. The quantitative estimate of drug-likeness (QED) is 0.848. The highest BCUT2D eigenvalue weighted by atomic mass is 32.2. The van der Waals surface area contributed by atoms with Crippen LogP contribution < -0.4 is 0 Å². The molecule has 0 radical (unpaired) electrons. The van der Waals surface area contributed by atoms with Gasteiger partial charge in [-0.15, -0.1) is 11.3 Å². The topological polar surface area (TPSA) is 40.5 Å². The first-order valence-electron chi connectivity index (χ1n) is 6.29. The third kappa shape index (κ3) is 3.75. The highest BCUT2D eigenvalue weighted by Crippen LogP contribution is 2.23. The zero-order valence-electron chi connectivity index (χ0n) is 10.9. The van der Waals surface area contributed by atoms with Crippen molar-refractivity contribution in [3.63, 3.8) is 0 Å². The summed E-state index contributed by atoms with van der Waals surface area (Å²) in [5.41, 5.74) is 1.05. The van der Waals surface area contributed by atoms with Gasteiger partial charge >= 0.3 is 0 Å². The predicted octanol–water partition coefficient (Wildman–Crippen LogP) is 1.98. The molecule has 0 spiro atoms. The molecule has 1 fully saturated rings. The minimum absolute atomic E-state index is 0.0780. The van der Waals surface area contributed by atoms with Crippen LogP contribution in [0, 0.1) is 18.8 Å². The van der Waals surface area contributed by atoms with E-state index in [0.29, 0.717) is 6.42 Å². The predicted molar refractivity (Wildman–Crippen MR) is 80.9 cm³/mol. The molecule has 2 heterocycles. The molecule has 0 bridgehead atoms. The molecule has 0 atom stereocenters. The lowest BCUT2D eigenvalue weighted by atomic mass is 10.2. The third-order valence-corrected chi connectivity index (χ3v) is 4.95. The fourth-order valence-electron chi connectivity index (χ4n) is 1.83. The molecule has 5 heteroatoms. The Bertz CT molecular complexity index is 507. The zero-order chi connectivity index (χ0) is 13.7. The van der Waals surface area contributed by atoms with Crippen LogP contribution in [0.25, 0.3) is 0 Å². The van der Waals surface area contributed by atoms with Crippen molar-refractivity contribution in [2.75, 3.05) is 31.2 Å². The third-order valence-electron chi connectivity index (χ3n) is 2.87. The monoisotopic (exact) mass is 295 g/mol. The minimum Gasteiger partial charge on any atom is -0.395 e. The molecule has 1 aromatic rings. The van der Waals surface area contributed by atoms with Crippen LogP contribution in [-0.2, 0) is 0 Å². The Morgan fingerprint density at radius 2 is 2.21 bits per heavy atom. The first kappa shape index (κ1) is 14.4. The lowest BCUT2D eigenvalue weighted by molar-refractivity contribution is 0.0777. The molecule has 1 amide bonds. The molecular formula is C14H17NO2S2. The van der Waals surface area contributed by atoms with Crippen LogP contribution in [0.15, 0.2) is 6.07 Å². The number of carbonyl (C=O) groups is 1. The number of thiophene rings is 1. The van der Waals surface area contributed by atoms with Gasteiger partial charge in [0.2, 0.25) is 0 Å². The molecular weight excluding hydrogens is 278 g/mol. The molecule has 1 aliphatic rings. The molecule has 2 rings (SSSR count). The number of hydrogen-bond acceptors (Lipinski definition) is 4. The SMILES string of the molecule is Cc1cc(C(=O)N2CCSCC2)sc1C#CCCO. The van der Waals surface area contributed by atoms with Gasteiger partial charge in [-0.25, -0.2) is 0 Å². The summed E-state index contributed by atoms with van der Waals surface area (Å²) in [6.45, 7) is 3.73. The van der Waals surface area contributed by atoms with Crippen LogP contribution in [0.1, 0.15) is 26.5 Å². The Kier molecular flexibility index (Phi) is 5.32. The first-order chi connectivity index (χ1) is 9.22.